The molecule has 0 amide bonds. The molecule has 1 heterocycles. The van der Waals surface area contributed by atoms with Crippen LogP contribution in [0.4, 0.5) is 5.13 Å². The lowest BCUT2D eigenvalue weighted by molar-refractivity contribution is 0.0503. The number of ether oxygens (including phenoxy) is 1. The molecule has 0 saturated carbocycles. The molecule has 0 spiro atoms. The summed E-state index contributed by atoms with van der Waals surface area (Å²) < 4.78 is 5.28. The average Bonchev–Trinajstić information content (AvgIpc) is 3.16. The zero-order valence-electron chi connectivity index (χ0n) is 14.0. The van der Waals surface area contributed by atoms with Crippen molar-refractivity contribution in [3.8, 4) is 6.07 Å². The van der Waals surface area contributed by atoms with Gasteiger partial charge in [0, 0.05) is 18.3 Å². The normalized spacial score (nSPS) is 10.1. The number of anilines is 1. The van der Waals surface area contributed by atoms with E-state index < -0.39 is 5.97 Å². The van der Waals surface area contributed by atoms with Crippen molar-refractivity contribution >= 4 is 22.4 Å². The molecule has 3 aromatic rings. The third kappa shape index (κ3) is 4.91. The summed E-state index contributed by atoms with van der Waals surface area (Å²) in [5.41, 5.74) is 3.01. The lowest BCUT2D eigenvalue weighted by Crippen LogP contribution is -2.09. The molecule has 0 saturated heterocycles. The molecule has 1 aromatic heterocycles. The summed E-state index contributed by atoms with van der Waals surface area (Å²) >= 11 is 1.37. The van der Waals surface area contributed by atoms with E-state index in [2.05, 4.69) is 16.4 Å². The van der Waals surface area contributed by atoms with E-state index in [9.17, 15) is 4.79 Å². The van der Waals surface area contributed by atoms with Gasteiger partial charge < -0.3 is 10.1 Å². The zero-order chi connectivity index (χ0) is 18.2. The minimum Gasteiger partial charge on any atom is -0.461 e. The highest BCUT2D eigenvalue weighted by Gasteiger charge is 2.12. The van der Waals surface area contributed by atoms with E-state index in [1.165, 1.54) is 11.3 Å². The molecule has 0 unspecified atom stereocenters. The molecule has 5 nitrogen and oxygen atoms in total. The first-order valence-corrected chi connectivity index (χ1v) is 9.02. The van der Waals surface area contributed by atoms with Crippen molar-refractivity contribution in [3.63, 3.8) is 0 Å². The maximum Gasteiger partial charge on any atom is 0.357 e. The van der Waals surface area contributed by atoms with E-state index in [-0.39, 0.29) is 6.61 Å². The average molecular weight is 363 g/mol. The minimum absolute atomic E-state index is 0.248. The van der Waals surface area contributed by atoms with Gasteiger partial charge in [0.2, 0.25) is 0 Å². The second-order valence-corrected chi connectivity index (χ2v) is 6.43. The number of hydrogen-bond acceptors (Lipinski definition) is 6. The number of aromatic nitrogens is 1. The standard InChI is InChI=1S/C20H17N3O2S/c21-12-17-8-4-7-15(11-17)9-10-25-19(24)18-14-26-20(23-18)22-13-16-5-2-1-3-6-16/h1-8,11,14H,9-10,13H2,(H,22,23). The molecular formula is C20H17N3O2S. The van der Waals surface area contributed by atoms with Gasteiger partial charge in [-0.05, 0) is 23.3 Å². The van der Waals surface area contributed by atoms with E-state index in [4.69, 9.17) is 10.00 Å². The second-order valence-electron chi connectivity index (χ2n) is 5.58. The summed E-state index contributed by atoms with van der Waals surface area (Å²) in [6, 6.07) is 19.3. The molecule has 1 N–H and O–H groups in total. The summed E-state index contributed by atoms with van der Waals surface area (Å²) in [5.74, 6) is -0.439. The van der Waals surface area contributed by atoms with Crippen LogP contribution in [0.5, 0.6) is 0 Å². The monoisotopic (exact) mass is 363 g/mol. The number of esters is 1. The van der Waals surface area contributed by atoms with Crippen molar-refractivity contribution in [2.75, 3.05) is 11.9 Å². The number of nitrogens with zero attached hydrogens (tertiary/aromatic N) is 2. The topological polar surface area (TPSA) is 75.0 Å². The Labute approximate surface area is 155 Å². The van der Waals surface area contributed by atoms with Crippen LogP contribution < -0.4 is 5.32 Å². The van der Waals surface area contributed by atoms with Crippen LogP contribution in [0.1, 0.15) is 27.2 Å². The summed E-state index contributed by atoms with van der Waals surface area (Å²) in [5, 5.41) is 14.5. The highest BCUT2D eigenvalue weighted by molar-refractivity contribution is 7.13. The quantitative estimate of drug-likeness (QED) is 0.642. The maximum absolute atomic E-state index is 12.1. The Hall–Kier alpha value is -3.17. The summed E-state index contributed by atoms with van der Waals surface area (Å²) in [6.45, 7) is 0.899. The predicted molar refractivity (Wildman–Crippen MR) is 101 cm³/mol. The fourth-order valence-electron chi connectivity index (χ4n) is 2.35. The van der Waals surface area contributed by atoms with Crippen molar-refractivity contribution in [2.45, 2.75) is 13.0 Å². The van der Waals surface area contributed by atoms with Crippen LogP contribution in [0.15, 0.2) is 60.0 Å². The SMILES string of the molecule is N#Cc1cccc(CCOC(=O)c2csc(NCc3ccccc3)n2)c1. The van der Waals surface area contributed by atoms with Crippen LogP contribution in [-0.4, -0.2) is 17.6 Å². The Bertz CT molecular complexity index is 916. The van der Waals surface area contributed by atoms with Gasteiger partial charge in [-0.15, -0.1) is 11.3 Å². The van der Waals surface area contributed by atoms with Gasteiger partial charge in [0.25, 0.3) is 0 Å². The number of nitriles is 1. The van der Waals surface area contributed by atoms with Crippen molar-refractivity contribution in [3.05, 3.63) is 82.4 Å². The van der Waals surface area contributed by atoms with Gasteiger partial charge in [0.15, 0.2) is 10.8 Å². The molecule has 3 rings (SSSR count). The second kappa shape index (κ2) is 8.79. The van der Waals surface area contributed by atoms with Gasteiger partial charge in [-0.1, -0.05) is 42.5 Å². The van der Waals surface area contributed by atoms with Gasteiger partial charge in [0.1, 0.15) is 0 Å². The number of rotatable bonds is 7. The predicted octanol–water partition coefficient (Wildman–Crippen LogP) is 4.03. The van der Waals surface area contributed by atoms with Crippen LogP contribution in [-0.2, 0) is 17.7 Å². The molecule has 0 radical (unpaired) electrons. The number of carbonyl (C=O) groups excluding carboxylic acids is 1. The Morgan fingerprint density at radius 1 is 1.15 bits per heavy atom. The fourth-order valence-corrected chi connectivity index (χ4v) is 3.03. The molecule has 0 atom stereocenters. The van der Waals surface area contributed by atoms with Crippen LogP contribution in [0.3, 0.4) is 0 Å². The first-order valence-electron chi connectivity index (χ1n) is 8.14. The smallest absolute Gasteiger partial charge is 0.357 e. The van der Waals surface area contributed by atoms with E-state index in [1.54, 1.807) is 17.5 Å². The molecule has 26 heavy (non-hydrogen) atoms. The van der Waals surface area contributed by atoms with Crippen molar-refractivity contribution in [1.29, 1.82) is 5.26 Å². The summed E-state index contributed by atoms with van der Waals surface area (Å²) in [6.07, 6.45) is 0.560. The largest absolute Gasteiger partial charge is 0.461 e. The summed E-state index contributed by atoms with van der Waals surface area (Å²) in [7, 11) is 0. The number of hydrogen-bond donors (Lipinski definition) is 1. The van der Waals surface area contributed by atoms with Gasteiger partial charge in [-0.25, -0.2) is 9.78 Å². The van der Waals surface area contributed by atoms with Gasteiger partial charge in [-0.3, -0.25) is 0 Å². The first-order chi connectivity index (χ1) is 12.7. The zero-order valence-corrected chi connectivity index (χ0v) is 14.8. The van der Waals surface area contributed by atoms with E-state index in [1.807, 2.05) is 42.5 Å². The molecule has 0 aliphatic carbocycles. The van der Waals surface area contributed by atoms with Gasteiger partial charge in [0.05, 0.1) is 18.2 Å². The van der Waals surface area contributed by atoms with Crippen molar-refractivity contribution in [1.82, 2.24) is 4.98 Å². The highest BCUT2D eigenvalue weighted by atomic mass is 32.1. The first kappa shape index (κ1) is 17.6. The van der Waals surface area contributed by atoms with E-state index in [0.29, 0.717) is 29.4 Å². The minimum atomic E-state index is -0.439. The molecule has 0 fully saturated rings. The van der Waals surface area contributed by atoms with Crippen molar-refractivity contribution in [2.24, 2.45) is 0 Å². The molecule has 2 aromatic carbocycles. The van der Waals surface area contributed by atoms with Crippen molar-refractivity contribution < 1.29 is 9.53 Å². The lowest BCUT2D eigenvalue weighted by Gasteiger charge is -2.04. The Balaban J connectivity index is 1.47. The summed E-state index contributed by atoms with van der Waals surface area (Å²) in [4.78, 5) is 16.4. The van der Waals surface area contributed by atoms with E-state index in [0.717, 1.165) is 11.1 Å². The number of carbonyl (C=O) groups is 1. The Morgan fingerprint density at radius 2 is 1.96 bits per heavy atom. The van der Waals surface area contributed by atoms with Crippen LogP contribution in [0.2, 0.25) is 0 Å². The van der Waals surface area contributed by atoms with Crippen LogP contribution in [0, 0.1) is 11.3 Å². The number of benzene rings is 2. The Morgan fingerprint density at radius 3 is 2.77 bits per heavy atom. The number of thiazole rings is 1. The number of nitrogens with one attached hydrogen (secondary N) is 1. The van der Waals surface area contributed by atoms with Gasteiger partial charge >= 0.3 is 5.97 Å². The molecular weight excluding hydrogens is 346 g/mol. The van der Waals surface area contributed by atoms with Crippen LogP contribution >= 0.6 is 11.3 Å². The molecule has 130 valence electrons. The highest BCUT2D eigenvalue weighted by Crippen LogP contribution is 2.17. The molecule has 0 aliphatic rings. The van der Waals surface area contributed by atoms with Gasteiger partial charge in [-0.2, -0.15) is 5.26 Å². The molecule has 0 bridgehead atoms. The van der Waals surface area contributed by atoms with Crippen LogP contribution in [0.25, 0.3) is 0 Å². The molecule has 6 heteroatoms. The Kier molecular flexibility index (Phi) is 5.96. The molecule has 0 aliphatic heterocycles. The third-order valence-corrected chi connectivity index (χ3v) is 4.48. The fraction of sp³-hybridized carbons (Fsp3) is 0.150. The van der Waals surface area contributed by atoms with E-state index >= 15 is 0 Å². The maximum atomic E-state index is 12.1. The lowest BCUT2D eigenvalue weighted by atomic mass is 10.1. The third-order valence-electron chi connectivity index (χ3n) is 3.68.